The highest BCUT2D eigenvalue weighted by Gasteiger charge is 2.70. The van der Waals surface area contributed by atoms with Crippen LogP contribution in [0.4, 0.5) is 15.8 Å². The Morgan fingerprint density at radius 1 is 0.811 bits per heavy atom. The molecule has 4 aliphatic rings. The van der Waals surface area contributed by atoms with Crippen LogP contribution in [0.3, 0.4) is 0 Å². The van der Waals surface area contributed by atoms with Crippen LogP contribution in [0.5, 0.6) is 17.2 Å². The second-order valence-corrected chi connectivity index (χ2v) is 14.5. The number of carbonyl (C=O) groups is 4. The third-order valence-corrected chi connectivity index (χ3v) is 11.7. The summed E-state index contributed by atoms with van der Waals surface area (Å²) in [4.78, 5) is 59.8. The molecule has 6 atom stereocenters. The highest BCUT2D eigenvalue weighted by Crippen LogP contribution is 2.65. The summed E-state index contributed by atoms with van der Waals surface area (Å²) in [5.41, 5.74) is 3.64. The molecule has 2 aliphatic heterocycles. The number of hydrogen-bond acceptors (Lipinski definition) is 8. The first-order valence-corrected chi connectivity index (χ1v) is 17.7. The van der Waals surface area contributed by atoms with Gasteiger partial charge in [-0.1, -0.05) is 47.0 Å². The highest BCUT2D eigenvalue weighted by molar-refractivity contribution is 6.31. The largest absolute Gasteiger partial charge is 0.502 e. The normalized spacial score (nSPS) is 26.2. The van der Waals surface area contributed by atoms with Gasteiger partial charge in [0.1, 0.15) is 5.82 Å². The van der Waals surface area contributed by atoms with Crippen molar-refractivity contribution in [1.82, 2.24) is 5.01 Å². The number of carbonyl (C=O) groups excluding carboxylic acids is 4. The third kappa shape index (κ3) is 5.20. The average Bonchev–Trinajstić information content (AvgIpc) is 3.54. The molecule has 8 rings (SSSR count). The van der Waals surface area contributed by atoms with Crippen LogP contribution in [0.2, 0.25) is 10.0 Å². The number of hydrazine groups is 1. The summed E-state index contributed by atoms with van der Waals surface area (Å²) in [6.45, 7) is 0. The van der Waals surface area contributed by atoms with Gasteiger partial charge < -0.3 is 14.6 Å². The van der Waals surface area contributed by atoms with E-state index < -0.39 is 58.5 Å². The van der Waals surface area contributed by atoms with E-state index in [1.54, 1.807) is 60.7 Å². The third-order valence-electron chi connectivity index (χ3n) is 11.2. The summed E-state index contributed by atoms with van der Waals surface area (Å²) in [7, 11) is 2.77. The van der Waals surface area contributed by atoms with E-state index in [0.29, 0.717) is 38.1 Å². The van der Waals surface area contributed by atoms with Gasteiger partial charge in [0.25, 0.3) is 11.8 Å². The Hall–Kier alpha value is -5.39. The first-order chi connectivity index (χ1) is 25.5. The molecule has 53 heavy (non-hydrogen) atoms. The van der Waals surface area contributed by atoms with E-state index in [1.165, 1.54) is 43.4 Å². The van der Waals surface area contributed by atoms with Gasteiger partial charge >= 0.3 is 0 Å². The first kappa shape index (κ1) is 34.7. The minimum absolute atomic E-state index is 0.0537. The summed E-state index contributed by atoms with van der Waals surface area (Å²) >= 11 is 12.5. The number of rotatable bonds is 7. The number of methoxy groups -OCH3 is 2. The van der Waals surface area contributed by atoms with Crippen LogP contribution in [0.15, 0.2) is 96.6 Å². The van der Waals surface area contributed by atoms with Crippen LogP contribution in [-0.4, -0.2) is 48.0 Å². The van der Waals surface area contributed by atoms with Crippen molar-refractivity contribution in [2.75, 3.05) is 24.5 Å². The number of allylic oxidation sites excluding steroid dienone is 2. The summed E-state index contributed by atoms with van der Waals surface area (Å²) in [5.74, 6) is -6.73. The number of hydrogen-bond donors (Lipinski definition) is 2. The van der Waals surface area contributed by atoms with Gasteiger partial charge in [0.15, 0.2) is 11.5 Å². The van der Waals surface area contributed by atoms with Crippen molar-refractivity contribution in [2.24, 2.45) is 23.7 Å². The molecule has 0 unspecified atom stereocenters. The Labute approximate surface area is 313 Å². The number of amides is 4. The maximum absolute atomic E-state index is 15.3. The van der Waals surface area contributed by atoms with Gasteiger partial charge in [0.2, 0.25) is 17.6 Å². The molecule has 2 N–H and O–H groups in total. The molecule has 13 heteroatoms. The number of nitrogens with one attached hydrogen (secondary N) is 1. The van der Waals surface area contributed by atoms with Crippen molar-refractivity contribution >= 4 is 58.2 Å². The average molecular weight is 757 g/mol. The van der Waals surface area contributed by atoms with E-state index in [0.717, 1.165) is 5.01 Å². The molecule has 4 aromatic carbocycles. The monoisotopic (exact) mass is 755 g/mol. The molecular formula is C40H32Cl2FN3O7. The SMILES string of the molecule is COc1cc([C@H]2C3=CC[C@@H]4C(=O)N(c5ccc(Cl)cc5)C(=O)[C@@H]4[C@@H]3C[C@H]3C(=O)N(Nc4ccc(F)cc4)C(=O)[C@@]23c2ccc(Cl)cc2)cc(OC)c1O. The molecule has 270 valence electrons. The van der Waals surface area contributed by atoms with Crippen molar-refractivity contribution in [2.45, 2.75) is 24.2 Å². The van der Waals surface area contributed by atoms with Crippen molar-refractivity contribution < 1.29 is 38.1 Å². The standard InChI is InChI=1S/C40H32Cl2FN3O7/c1-52-31-17-20(18-32(53-2)35(31)47)34-27-15-16-28-33(38(50)45(36(28)48)26-13-7-23(42)8-14-26)29(27)19-30-37(49)46(44-25-11-9-24(43)10-12-25)39(51)40(30,34)21-3-5-22(41)6-4-21/h3-15,17-18,28-30,33-34,44,47H,16,19H2,1-2H3/t28-,29+,30-,33-,34-,40+/m0/s1. The van der Waals surface area contributed by atoms with E-state index in [4.69, 9.17) is 32.7 Å². The number of nitrogens with zero attached hydrogens (tertiary/aromatic N) is 2. The molecule has 3 fully saturated rings. The summed E-state index contributed by atoms with van der Waals surface area (Å²) in [5, 5.41) is 12.8. The molecule has 2 heterocycles. The van der Waals surface area contributed by atoms with Gasteiger partial charge in [0, 0.05) is 16.0 Å². The molecule has 1 saturated carbocycles. The molecule has 2 saturated heterocycles. The van der Waals surface area contributed by atoms with Gasteiger partial charge in [-0.3, -0.25) is 29.5 Å². The molecule has 0 bridgehead atoms. The lowest BCUT2D eigenvalue weighted by Gasteiger charge is -2.50. The molecular weight excluding hydrogens is 724 g/mol. The van der Waals surface area contributed by atoms with Gasteiger partial charge in [-0.2, -0.15) is 5.01 Å². The lowest BCUT2D eigenvalue weighted by molar-refractivity contribution is -0.138. The number of halogens is 3. The van der Waals surface area contributed by atoms with Crippen LogP contribution >= 0.6 is 23.2 Å². The number of benzene rings is 4. The van der Waals surface area contributed by atoms with Crippen LogP contribution in [0, 0.1) is 29.5 Å². The maximum Gasteiger partial charge on any atom is 0.260 e. The second-order valence-electron chi connectivity index (χ2n) is 13.6. The fraction of sp³-hybridized carbons (Fsp3) is 0.250. The number of phenols is 1. The molecule has 4 aromatic rings. The Kier molecular flexibility index (Phi) is 8.46. The Morgan fingerprint density at radius 3 is 2.02 bits per heavy atom. The number of phenolic OH excluding ortho intramolecular Hbond substituents is 1. The quantitative estimate of drug-likeness (QED) is 0.152. The Balaban J connectivity index is 1.35. The minimum Gasteiger partial charge on any atom is -0.502 e. The van der Waals surface area contributed by atoms with Crippen molar-refractivity contribution in [3.05, 3.63) is 124 Å². The predicted molar refractivity (Wildman–Crippen MR) is 194 cm³/mol. The predicted octanol–water partition coefficient (Wildman–Crippen LogP) is 7.04. The molecule has 4 amide bonds. The van der Waals surface area contributed by atoms with Crippen molar-refractivity contribution in [3.63, 3.8) is 0 Å². The molecule has 2 aliphatic carbocycles. The van der Waals surface area contributed by atoms with Gasteiger partial charge in [-0.05, 0) is 103 Å². The topological polar surface area (TPSA) is 125 Å². The van der Waals surface area contributed by atoms with Gasteiger partial charge in [-0.25, -0.2) is 4.39 Å². The Bertz CT molecular complexity index is 2190. The van der Waals surface area contributed by atoms with Crippen molar-refractivity contribution in [1.29, 1.82) is 0 Å². The summed E-state index contributed by atoms with van der Waals surface area (Å²) < 4.78 is 25.0. The van der Waals surface area contributed by atoms with Crippen molar-refractivity contribution in [3.8, 4) is 17.2 Å². The van der Waals surface area contributed by atoms with Gasteiger partial charge in [0.05, 0.1) is 48.8 Å². The zero-order valence-electron chi connectivity index (χ0n) is 28.4. The number of ether oxygens (including phenoxy) is 2. The Morgan fingerprint density at radius 2 is 1.42 bits per heavy atom. The smallest absolute Gasteiger partial charge is 0.260 e. The lowest BCUT2D eigenvalue weighted by Crippen LogP contribution is -2.53. The van der Waals surface area contributed by atoms with E-state index in [9.17, 15) is 23.9 Å². The number of anilines is 2. The van der Waals surface area contributed by atoms with E-state index in [-0.39, 0.29) is 36.0 Å². The zero-order valence-corrected chi connectivity index (χ0v) is 29.9. The van der Waals surface area contributed by atoms with E-state index >= 15 is 4.79 Å². The molecule has 0 radical (unpaired) electrons. The fourth-order valence-electron chi connectivity index (χ4n) is 8.96. The highest BCUT2D eigenvalue weighted by atomic mass is 35.5. The molecule has 0 aromatic heterocycles. The van der Waals surface area contributed by atoms with E-state index in [1.807, 2.05) is 6.08 Å². The molecule has 0 spiro atoms. The fourth-order valence-corrected chi connectivity index (χ4v) is 9.21. The first-order valence-electron chi connectivity index (χ1n) is 16.9. The van der Waals surface area contributed by atoms with Crippen LogP contribution < -0.4 is 19.8 Å². The lowest BCUT2D eigenvalue weighted by atomic mass is 9.49. The zero-order chi connectivity index (χ0) is 37.3. The van der Waals surface area contributed by atoms with Crippen LogP contribution in [-0.2, 0) is 24.6 Å². The molecule has 10 nitrogen and oxygen atoms in total. The van der Waals surface area contributed by atoms with Gasteiger partial charge in [-0.15, -0.1) is 0 Å². The number of aromatic hydroxyl groups is 1. The minimum atomic E-state index is -1.63. The number of fused-ring (bicyclic) bond motifs is 4. The summed E-state index contributed by atoms with van der Waals surface area (Å²) in [6.07, 6.45) is 2.17. The maximum atomic E-state index is 15.3. The van der Waals surface area contributed by atoms with E-state index in [2.05, 4.69) is 5.43 Å². The second kappa shape index (κ2) is 12.9. The number of imide groups is 2. The summed E-state index contributed by atoms with van der Waals surface area (Å²) in [6, 6.07) is 21.6. The van der Waals surface area contributed by atoms with Crippen LogP contribution in [0.25, 0.3) is 0 Å². The van der Waals surface area contributed by atoms with Crippen LogP contribution in [0.1, 0.15) is 29.9 Å².